The second-order valence-electron chi connectivity index (χ2n) is 5.24. The molecule has 24 heavy (non-hydrogen) atoms. The molecule has 0 fully saturated rings. The molecule has 0 saturated carbocycles. The van der Waals surface area contributed by atoms with Gasteiger partial charge >= 0.3 is 5.69 Å². The number of halogens is 1. The van der Waals surface area contributed by atoms with Crippen molar-refractivity contribution in [3.8, 4) is 6.07 Å². The zero-order valence-electron chi connectivity index (χ0n) is 12.9. The number of aromatic nitrogens is 4. The van der Waals surface area contributed by atoms with E-state index in [4.69, 9.17) is 0 Å². The maximum Gasteiger partial charge on any atom is 0.332 e. The fourth-order valence-corrected chi connectivity index (χ4v) is 2.78. The first-order chi connectivity index (χ1) is 11.4. The third-order valence-corrected chi connectivity index (χ3v) is 4.15. The van der Waals surface area contributed by atoms with Crippen molar-refractivity contribution in [1.29, 1.82) is 5.26 Å². The normalized spacial score (nSPS) is 10.8. The van der Waals surface area contributed by atoms with Gasteiger partial charge < -0.3 is 9.72 Å². The molecule has 0 aromatic carbocycles. The molecule has 0 saturated heterocycles. The van der Waals surface area contributed by atoms with E-state index in [1.54, 1.807) is 0 Å². The summed E-state index contributed by atoms with van der Waals surface area (Å²) in [5, 5.41) is 12.2. The monoisotopic (exact) mass is 388 g/mol. The SMILES string of the molecule is Cn1c(NCc2cn3cc(Br)ccc3n2)c(C#N)c(=O)n(C)c1=O. The fourth-order valence-electron chi connectivity index (χ4n) is 2.43. The van der Waals surface area contributed by atoms with Gasteiger partial charge in [0, 0.05) is 31.0 Å². The van der Waals surface area contributed by atoms with Crippen LogP contribution in [0, 0.1) is 11.3 Å². The third kappa shape index (κ3) is 2.61. The minimum Gasteiger partial charge on any atom is -0.364 e. The number of anilines is 1. The molecular formula is C15H13BrN6O2. The number of imidazole rings is 1. The highest BCUT2D eigenvalue weighted by molar-refractivity contribution is 9.10. The Morgan fingerprint density at radius 2 is 2.00 bits per heavy atom. The van der Waals surface area contributed by atoms with Gasteiger partial charge in [0.2, 0.25) is 0 Å². The standard InChI is InChI=1S/C15H13BrN6O2/c1-20-13(11(5-17)14(23)21(2)15(20)24)18-6-10-8-22-7-9(16)3-4-12(22)19-10/h3-4,7-8,18H,6H2,1-2H3. The van der Waals surface area contributed by atoms with Gasteiger partial charge in [0.05, 0.1) is 12.2 Å². The molecule has 3 heterocycles. The Labute approximate surface area is 144 Å². The molecule has 122 valence electrons. The van der Waals surface area contributed by atoms with E-state index in [1.807, 2.05) is 35.0 Å². The summed E-state index contributed by atoms with van der Waals surface area (Å²) in [5.41, 5.74) is 0.257. The Balaban J connectivity index is 1.98. The number of fused-ring (bicyclic) bond motifs is 1. The van der Waals surface area contributed by atoms with Gasteiger partial charge in [-0.05, 0) is 28.1 Å². The molecule has 0 aliphatic carbocycles. The Morgan fingerprint density at radius 3 is 2.71 bits per heavy atom. The molecule has 3 aromatic rings. The number of nitrogens with one attached hydrogen (secondary N) is 1. The first kappa shape index (κ1) is 16.0. The largest absolute Gasteiger partial charge is 0.364 e. The third-order valence-electron chi connectivity index (χ3n) is 3.68. The van der Waals surface area contributed by atoms with Crippen molar-refractivity contribution in [3.63, 3.8) is 0 Å². The van der Waals surface area contributed by atoms with Crippen LogP contribution in [0.2, 0.25) is 0 Å². The van der Waals surface area contributed by atoms with E-state index in [-0.39, 0.29) is 17.9 Å². The molecule has 0 radical (unpaired) electrons. The van der Waals surface area contributed by atoms with Crippen molar-refractivity contribution >= 4 is 27.4 Å². The van der Waals surface area contributed by atoms with Crippen molar-refractivity contribution in [2.45, 2.75) is 6.54 Å². The quantitative estimate of drug-likeness (QED) is 0.720. The van der Waals surface area contributed by atoms with Crippen molar-refractivity contribution in [2.24, 2.45) is 14.1 Å². The van der Waals surface area contributed by atoms with Crippen LogP contribution in [0.4, 0.5) is 5.82 Å². The summed E-state index contributed by atoms with van der Waals surface area (Å²) < 4.78 is 4.93. The molecule has 0 atom stereocenters. The molecule has 1 N–H and O–H groups in total. The lowest BCUT2D eigenvalue weighted by Gasteiger charge is -2.12. The lowest BCUT2D eigenvalue weighted by Crippen LogP contribution is -2.39. The molecule has 0 bridgehead atoms. The summed E-state index contributed by atoms with van der Waals surface area (Å²) in [4.78, 5) is 28.5. The zero-order chi connectivity index (χ0) is 17.4. The lowest BCUT2D eigenvalue weighted by atomic mass is 10.3. The highest BCUT2D eigenvalue weighted by Crippen LogP contribution is 2.14. The second kappa shape index (κ2) is 5.98. The van der Waals surface area contributed by atoms with E-state index in [1.165, 1.54) is 18.7 Å². The Morgan fingerprint density at radius 1 is 1.25 bits per heavy atom. The first-order valence-electron chi connectivity index (χ1n) is 6.99. The van der Waals surface area contributed by atoms with Crippen molar-refractivity contribution in [2.75, 3.05) is 5.32 Å². The molecule has 3 rings (SSSR count). The van der Waals surface area contributed by atoms with Crippen LogP contribution in [0.15, 0.2) is 38.6 Å². The zero-order valence-corrected chi connectivity index (χ0v) is 14.5. The first-order valence-corrected chi connectivity index (χ1v) is 7.79. The Kier molecular flexibility index (Phi) is 3.99. The van der Waals surface area contributed by atoms with Crippen molar-refractivity contribution in [1.82, 2.24) is 18.5 Å². The van der Waals surface area contributed by atoms with Gasteiger partial charge in [-0.15, -0.1) is 0 Å². The summed E-state index contributed by atoms with van der Waals surface area (Å²) in [6.07, 6.45) is 3.71. The predicted molar refractivity (Wildman–Crippen MR) is 91.9 cm³/mol. The van der Waals surface area contributed by atoms with Crippen LogP contribution in [0.3, 0.4) is 0 Å². The van der Waals surface area contributed by atoms with E-state index in [0.717, 1.165) is 14.7 Å². The van der Waals surface area contributed by atoms with E-state index < -0.39 is 11.2 Å². The molecular weight excluding hydrogens is 376 g/mol. The smallest absolute Gasteiger partial charge is 0.332 e. The van der Waals surface area contributed by atoms with Crippen LogP contribution in [-0.2, 0) is 20.6 Å². The molecule has 0 amide bonds. The number of nitrogens with zero attached hydrogens (tertiary/aromatic N) is 5. The van der Waals surface area contributed by atoms with Gasteiger partial charge in [-0.3, -0.25) is 13.9 Å². The van der Waals surface area contributed by atoms with Crippen molar-refractivity contribution in [3.05, 3.63) is 61.1 Å². The number of pyridine rings is 1. The van der Waals surface area contributed by atoms with Crippen LogP contribution >= 0.6 is 15.9 Å². The van der Waals surface area contributed by atoms with Crippen LogP contribution < -0.4 is 16.6 Å². The number of nitriles is 1. The molecule has 0 unspecified atom stereocenters. The maximum absolute atomic E-state index is 12.0. The fraction of sp³-hybridized carbons (Fsp3) is 0.200. The van der Waals surface area contributed by atoms with E-state index >= 15 is 0 Å². The minimum absolute atomic E-state index is 0.105. The second-order valence-corrected chi connectivity index (χ2v) is 6.16. The van der Waals surface area contributed by atoms with Crippen LogP contribution in [0.1, 0.15) is 11.3 Å². The summed E-state index contributed by atoms with van der Waals surface area (Å²) in [6, 6.07) is 5.61. The number of rotatable bonds is 3. The maximum atomic E-state index is 12.0. The Bertz CT molecular complexity index is 1100. The van der Waals surface area contributed by atoms with Crippen LogP contribution in [-0.4, -0.2) is 18.5 Å². The average Bonchev–Trinajstić information content (AvgIpc) is 2.96. The lowest BCUT2D eigenvalue weighted by molar-refractivity contribution is 0.685. The Hall–Kier alpha value is -2.86. The molecule has 3 aromatic heterocycles. The summed E-state index contributed by atoms with van der Waals surface area (Å²) >= 11 is 3.39. The highest BCUT2D eigenvalue weighted by Gasteiger charge is 2.15. The van der Waals surface area contributed by atoms with Crippen molar-refractivity contribution < 1.29 is 0 Å². The van der Waals surface area contributed by atoms with Gasteiger partial charge in [0.15, 0.2) is 5.56 Å². The number of hydrogen-bond acceptors (Lipinski definition) is 5. The molecule has 0 spiro atoms. The predicted octanol–water partition coefficient (Wildman–Crippen LogP) is 0.978. The summed E-state index contributed by atoms with van der Waals surface area (Å²) in [6.45, 7) is 0.272. The topological polar surface area (TPSA) is 97.1 Å². The van der Waals surface area contributed by atoms with Crippen LogP contribution in [0.25, 0.3) is 5.65 Å². The van der Waals surface area contributed by atoms with Gasteiger partial charge in [-0.1, -0.05) is 0 Å². The van der Waals surface area contributed by atoms with Gasteiger partial charge in [0.25, 0.3) is 5.56 Å². The average molecular weight is 389 g/mol. The molecule has 0 aliphatic rings. The highest BCUT2D eigenvalue weighted by atomic mass is 79.9. The van der Waals surface area contributed by atoms with Gasteiger partial charge in [-0.25, -0.2) is 9.78 Å². The van der Waals surface area contributed by atoms with E-state index in [2.05, 4.69) is 26.2 Å². The summed E-state index contributed by atoms with van der Waals surface area (Å²) in [5.74, 6) is 0.184. The summed E-state index contributed by atoms with van der Waals surface area (Å²) in [7, 11) is 2.85. The van der Waals surface area contributed by atoms with Gasteiger partial charge in [-0.2, -0.15) is 5.26 Å². The number of hydrogen-bond donors (Lipinski definition) is 1. The minimum atomic E-state index is -0.623. The van der Waals surface area contributed by atoms with Crippen LogP contribution in [0.5, 0.6) is 0 Å². The van der Waals surface area contributed by atoms with E-state index in [9.17, 15) is 14.9 Å². The molecule has 8 nitrogen and oxygen atoms in total. The molecule has 0 aliphatic heterocycles. The van der Waals surface area contributed by atoms with Gasteiger partial charge in [0.1, 0.15) is 17.5 Å². The van der Waals surface area contributed by atoms with E-state index in [0.29, 0.717) is 5.69 Å². The molecule has 9 heteroatoms.